The lowest BCUT2D eigenvalue weighted by molar-refractivity contribution is 0.170. The minimum Gasteiger partial charge on any atom is -0.386 e. The number of nitrogens with zero attached hydrogens (tertiary/aromatic N) is 2. The number of carbonyl (C=O) groups is 1. The molecule has 2 amide bonds. The number of rotatable bonds is 4. The van der Waals surface area contributed by atoms with Crippen molar-refractivity contribution >= 4 is 22.5 Å². The standard InChI is InChI=1S/C11H11FN4O2S/c12-8-4-2-1-3-7(8)9(17)5-13-10(18)15-11-16-14-6-19-11/h1-4,6,9,17H,5H2,(H2,13,15,16,18). The summed E-state index contributed by atoms with van der Waals surface area (Å²) in [4.78, 5) is 11.4. The molecule has 0 bridgehead atoms. The zero-order chi connectivity index (χ0) is 13.7. The first kappa shape index (κ1) is 13.4. The average Bonchev–Trinajstić information content (AvgIpc) is 2.89. The Hall–Kier alpha value is -2.06. The molecule has 8 heteroatoms. The molecule has 0 saturated heterocycles. The zero-order valence-corrected chi connectivity index (χ0v) is 10.5. The fourth-order valence-corrected chi connectivity index (χ4v) is 1.85. The quantitative estimate of drug-likeness (QED) is 0.793. The number of halogens is 1. The highest BCUT2D eigenvalue weighted by Gasteiger charge is 2.13. The Morgan fingerprint density at radius 3 is 2.95 bits per heavy atom. The van der Waals surface area contributed by atoms with Gasteiger partial charge in [0, 0.05) is 12.1 Å². The summed E-state index contributed by atoms with van der Waals surface area (Å²) in [6, 6.07) is 5.32. The van der Waals surface area contributed by atoms with Crippen LogP contribution in [0.5, 0.6) is 0 Å². The Bertz CT molecular complexity index is 549. The summed E-state index contributed by atoms with van der Waals surface area (Å²) in [6.45, 7) is -0.106. The van der Waals surface area contributed by atoms with E-state index in [1.165, 1.54) is 35.0 Å². The first-order valence-electron chi connectivity index (χ1n) is 5.40. The number of carbonyl (C=O) groups excluding carboxylic acids is 1. The topological polar surface area (TPSA) is 87.1 Å². The Balaban J connectivity index is 1.85. The third-order valence-corrected chi connectivity index (χ3v) is 2.91. The summed E-state index contributed by atoms with van der Waals surface area (Å²) in [7, 11) is 0. The molecule has 0 spiro atoms. The molecular weight excluding hydrogens is 271 g/mol. The zero-order valence-electron chi connectivity index (χ0n) is 9.71. The van der Waals surface area contributed by atoms with Crippen LogP contribution in [0.3, 0.4) is 0 Å². The summed E-state index contributed by atoms with van der Waals surface area (Å²) in [5, 5.41) is 22.2. The fourth-order valence-electron chi connectivity index (χ4n) is 1.41. The maximum Gasteiger partial charge on any atom is 0.321 e. The van der Waals surface area contributed by atoms with E-state index in [0.717, 1.165) is 0 Å². The van der Waals surface area contributed by atoms with E-state index in [4.69, 9.17) is 0 Å². The second-order valence-corrected chi connectivity index (χ2v) is 4.45. The molecule has 6 nitrogen and oxygen atoms in total. The third kappa shape index (κ3) is 3.70. The normalized spacial score (nSPS) is 11.9. The van der Waals surface area contributed by atoms with Crippen molar-refractivity contribution in [3.05, 3.63) is 41.2 Å². The van der Waals surface area contributed by atoms with Crippen LogP contribution < -0.4 is 10.6 Å². The summed E-state index contributed by atoms with van der Waals surface area (Å²) in [6.07, 6.45) is -1.11. The van der Waals surface area contributed by atoms with Crippen LogP contribution in [0.1, 0.15) is 11.7 Å². The van der Waals surface area contributed by atoms with E-state index in [1.807, 2.05) is 0 Å². The summed E-state index contributed by atoms with van der Waals surface area (Å²) < 4.78 is 13.4. The largest absolute Gasteiger partial charge is 0.386 e. The highest BCUT2D eigenvalue weighted by molar-refractivity contribution is 7.13. The third-order valence-electron chi connectivity index (χ3n) is 2.30. The Labute approximate surface area is 112 Å². The second-order valence-electron chi connectivity index (χ2n) is 3.62. The van der Waals surface area contributed by atoms with Crippen molar-refractivity contribution < 1.29 is 14.3 Å². The van der Waals surface area contributed by atoms with E-state index in [9.17, 15) is 14.3 Å². The number of anilines is 1. The van der Waals surface area contributed by atoms with Gasteiger partial charge in [0.2, 0.25) is 5.13 Å². The molecule has 100 valence electrons. The molecule has 2 rings (SSSR count). The van der Waals surface area contributed by atoms with Gasteiger partial charge in [0.1, 0.15) is 11.3 Å². The molecule has 2 aromatic rings. The van der Waals surface area contributed by atoms with Gasteiger partial charge in [-0.15, -0.1) is 10.2 Å². The first-order chi connectivity index (χ1) is 9.16. The highest BCUT2D eigenvalue weighted by Crippen LogP contribution is 2.15. The number of nitrogens with one attached hydrogen (secondary N) is 2. The molecule has 0 saturated carbocycles. The fraction of sp³-hybridized carbons (Fsp3) is 0.182. The average molecular weight is 282 g/mol. The number of aliphatic hydroxyl groups excluding tert-OH is 1. The van der Waals surface area contributed by atoms with E-state index >= 15 is 0 Å². The van der Waals surface area contributed by atoms with Crippen molar-refractivity contribution in [1.29, 1.82) is 0 Å². The molecule has 0 aliphatic carbocycles. The van der Waals surface area contributed by atoms with Gasteiger partial charge in [0.15, 0.2) is 0 Å². The Morgan fingerprint density at radius 2 is 2.26 bits per heavy atom. The van der Waals surface area contributed by atoms with Crippen LogP contribution in [0.15, 0.2) is 29.8 Å². The number of hydrogen-bond donors (Lipinski definition) is 3. The molecule has 0 radical (unpaired) electrons. The Kier molecular flexibility index (Phi) is 4.37. The maximum absolute atomic E-state index is 13.4. The lowest BCUT2D eigenvalue weighted by Crippen LogP contribution is -2.32. The van der Waals surface area contributed by atoms with E-state index in [2.05, 4.69) is 20.8 Å². The number of hydrogen-bond acceptors (Lipinski definition) is 5. The van der Waals surface area contributed by atoms with E-state index in [-0.39, 0.29) is 12.1 Å². The van der Waals surface area contributed by atoms with Crippen LogP contribution in [-0.4, -0.2) is 27.9 Å². The maximum atomic E-state index is 13.4. The first-order valence-corrected chi connectivity index (χ1v) is 6.28. The van der Waals surface area contributed by atoms with Crippen molar-refractivity contribution in [3.63, 3.8) is 0 Å². The molecule has 0 fully saturated rings. The Morgan fingerprint density at radius 1 is 1.47 bits per heavy atom. The van der Waals surface area contributed by atoms with Crippen molar-refractivity contribution in [2.45, 2.75) is 6.10 Å². The number of aliphatic hydroxyl groups is 1. The summed E-state index contributed by atoms with van der Waals surface area (Å²) in [5.41, 5.74) is 1.61. The highest BCUT2D eigenvalue weighted by atomic mass is 32.1. The van der Waals surface area contributed by atoms with Gasteiger partial charge in [-0.25, -0.2) is 9.18 Å². The minimum atomic E-state index is -1.11. The van der Waals surface area contributed by atoms with Crippen LogP contribution >= 0.6 is 11.3 Å². The van der Waals surface area contributed by atoms with Gasteiger partial charge in [-0.2, -0.15) is 0 Å². The van der Waals surface area contributed by atoms with E-state index in [0.29, 0.717) is 5.13 Å². The molecule has 1 unspecified atom stereocenters. The van der Waals surface area contributed by atoms with Crippen molar-refractivity contribution in [2.75, 3.05) is 11.9 Å². The molecule has 1 atom stereocenters. The molecule has 1 aromatic heterocycles. The summed E-state index contributed by atoms with van der Waals surface area (Å²) >= 11 is 1.17. The van der Waals surface area contributed by atoms with Gasteiger partial charge in [-0.1, -0.05) is 29.5 Å². The van der Waals surface area contributed by atoms with Crippen LogP contribution in [0.2, 0.25) is 0 Å². The lowest BCUT2D eigenvalue weighted by atomic mass is 10.1. The number of aromatic nitrogens is 2. The van der Waals surface area contributed by atoms with Crippen molar-refractivity contribution in [3.8, 4) is 0 Å². The van der Waals surface area contributed by atoms with Gasteiger partial charge in [-0.3, -0.25) is 5.32 Å². The van der Waals surface area contributed by atoms with Crippen molar-refractivity contribution in [2.24, 2.45) is 0 Å². The molecule has 19 heavy (non-hydrogen) atoms. The minimum absolute atomic E-state index is 0.106. The predicted molar refractivity (Wildman–Crippen MR) is 68.3 cm³/mol. The van der Waals surface area contributed by atoms with Gasteiger partial charge in [-0.05, 0) is 6.07 Å². The van der Waals surface area contributed by atoms with Gasteiger partial charge >= 0.3 is 6.03 Å². The van der Waals surface area contributed by atoms with E-state index in [1.54, 1.807) is 6.07 Å². The van der Waals surface area contributed by atoms with Gasteiger partial charge in [0.05, 0.1) is 6.10 Å². The smallest absolute Gasteiger partial charge is 0.321 e. The number of urea groups is 1. The van der Waals surface area contributed by atoms with Crippen LogP contribution in [0, 0.1) is 5.82 Å². The molecule has 3 N–H and O–H groups in total. The molecule has 1 aromatic carbocycles. The predicted octanol–water partition coefficient (Wildman–Crippen LogP) is 1.53. The second kappa shape index (κ2) is 6.21. The SMILES string of the molecule is O=C(NCC(O)c1ccccc1F)Nc1nncs1. The van der Waals surface area contributed by atoms with Crippen LogP contribution in [-0.2, 0) is 0 Å². The summed E-state index contributed by atoms with van der Waals surface area (Å²) in [5.74, 6) is -0.513. The van der Waals surface area contributed by atoms with E-state index < -0.39 is 18.0 Å². The molecule has 0 aliphatic rings. The number of benzene rings is 1. The molecule has 1 heterocycles. The van der Waals surface area contributed by atoms with Crippen LogP contribution in [0.25, 0.3) is 0 Å². The van der Waals surface area contributed by atoms with Gasteiger partial charge < -0.3 is 10.4 Å². The monoisotopic (exact) mass is 282 g/mol. The lowest BCUT2D eigenvalue weighted by Gasteiger charge is -2.12. The molecule has 0 aliphatic heterocycles. The van der Waals surface area contributed by atoms with Gasteiger partial charge in [0.25, 0.3) is 0 Å². The van der Waals surface area contributed by atoms with Crippen LogP contribution in [0.4, 0.5) is 14.3 Å². The van der Waals surface area contributed by atoms with Crippen molar-refractivity contribution in [1.82, 2.24) is 15.5 Å². The molecular formula is C11H11FN4O2S. The number of amides is 2.